The van der Waals surface area contributed by atoms with Crippen LogP contribution in [0.5, 0.6) is 0 Å². The van der Waals surface area contributed by atoms with Gasteiger partial charge in [0.2, 0.25) is 5.95 Å². The number of carbonyl (C=O) groups excluding carboxylic acids is 1. The summed E-state index contributed by atoms with van der Waals surface area (Å²) >= 11 is 0. The van der Waals surface area contributed by atoms with Gasteiger partial charge in [-0.2, -0.15) is 0 Å². The first-order valence-corrected chi connectivity index (χ1v) is 9.27. The summed E-state index contributed by atoms with van der Waals surface area (Å²) in [5.74, 6) is 0.638. The van der Waals surface area contributed by atoms with Gasteiger partial charge in [-0.15, -0.1) is 0 Å². The Hall–Kier alpha value is -2.96. The largest absolute Gasteiger partial charge is 0.349 e. The molecular formula is C20H23N5O2. The molecule has 1 saturated heterocycles. The Labute approximate surface area is 157 Å². The van der Waals surface area contributed by atoms with E-state index < -0.39 is 0 Å². The molecule has 1 aliphatic heterocycles. The van der Waals surface area contributed by atoms with Crippen LogP contribution in [0.15, 0.2) is 29.3 Å². The minimum absolute atomic E-state index is 0.0296. The van der Waals surface area contributed by atoms with E-state index in [1.54, 1.807) is 19.4 Å². The van der Waals surface area contributed by atoms with Crippen LogP contribution in [0.3, 0.4) is 0 Å². The van der Waals surface area contributed by atoms with E-state index in [0.717, 1.165) is 43.1 Å². The van der Waals surface area contributed by atoms with E-state index in [1.165, 1.54) is 4.57 Å². The number of pyridine rings is 1. The quantitative estimate of drug-likeness (QED) is 0.891. The molecule has 27 heavy (non-hydrogen) atoms. The van der Waals surface area contributed by atoms with E-state index in [0.29, 0.717) is 17.5 Å². The lowest BCUT2D eigenvalue weighted by atomic mass is 10.0. The third kappa shape index (κ3) is 3.37. The monoisotopic (exact) mass is 365 g/mol. The second kappa shape index (κ2) is 6.98. The van der Waals surface area contributed by atoms with Crippen LogP contribution in [0.25, 0.3) is 6.08 Å². The lowest BCUT2D eigenvalue weighted by Crippen LogP contribution is -2.45. The molecule has 2 aromatic rings. The average Bonchev–Trinajstić information content (AvgIpc) is 3.15. The zero-order chi connectivity index (χ0) is 19.0. The topological polar surface area (TPSA) is 80.1 Å². The number of piperidine rings is 1. The molecule has 2 aromatic heterocycles. The lowest BCUT2D eigenvalue weighted by Gasteiger charge is -2.32. The van der Waals surface area contributed by atoms with Crippen molar-refractivity contribution in [1.29, 1.82) is 0 Å². The highest BCUT2D eigenvalue weighted by Gasteiger charge is 2.25. The highest BCUT2D eigenvalue weighted by atomic mass is 16.2. The average molecular weight is 365 g/mol. The van der Waals surface area contributed by atoms with Crippen molar-refractivity contribution in [1.82, 2.24) is 19.9 Å². The van der Waals surface area contributed by atoms with Crippen molar-refractivity contribution < 1.29 is 4.79 Å². The number of carbonyl (C=O) groups is 1. The van der Waals surface area contributed by atoms with Gasteiger partial charge in [0.25, 0.3) is 11.5 Å². The maximum absolute atomic E-state index is 12.8. The Bertz CT molecular complexity index is 971. The molecule has 2 aliphatic rings. The van der Waals surface area contributed by atoms with Gasteiger partial charge >= 0.3 is 0 Å². The summed E-state index contributed by atoms with van der Waals surface area (Å²) in [4.78, 5) is 36.0. The highest BCUT2D eigenvalue weighted by Crippen LogP contribution is 2.21. The fourth-order valence-corrected chi connectivity index (χ4v) is 3.75. The van der Waals surface area contributed by atoms with E-state index >= 15 is 0 Å². The van der Waals surface area contributed by atoms with Crippen LogP contribution < -0.4 is 15.8 Å². The van der Waals surface area contributed by atoms with Crippen LogP contribution in [0.1, 0.15) is 40.0 Å². The predicted octanol–water partition coefficient (Wildman–Crippen LogP) is 1.45. The Kier molecular flexibility index (Phi) is 4.51. The molecular weight excluding hydrogens is 342 g/mol. The summed E-state index contributed by atoms with van der Waals surface area (Å²) in [5.41, 5.74) is 2.97. The fourth-order valence-electron chi connectivity index (χ4n) is 3.75. The Morgan fingerprint density at radius 1 is 1.30 bits per heavy atom. The van der Waals surface area contributed by atoms with E-state index in [2.05, 4.69) is 20.2 Å². The number of hydrogen-bond donors (Lipinski definition) is 1. The third-order valence-corrected chi connectivity index (χ3v) is 5.26. The molecule has 0 saturated carbocycles. The molecule has 7 heteroatoms. The summed E-state index contributed by atoms with van der Waals surface area (Å²) in [6.07, 6.45) is 9.51. The van der Waals surface area contributed by atoms with Crippen molar-refractivity contribution in [2.45, 2.75) is 32.2 Å². The SMILES string of the molecule is Cc1ccnc(N2CCC(NC(=O)c3cn(C)c(=O)c4c3C=CC4)CC2)n1. The van der Waals surface area contributed by atoms with Gasteiger partial charge < -0.3 is 14.8 Å². The molecule has 0 atom stereocenters. The lowest BCUT2D eigenvalue weighted by molar-refractivity contribution is 0.0930. The van der Waals surface area contributed by atoms with Crippen molar-refractivity contribution in [3.8, 4) is 0 Å². The second-order valence-corrected chi connectivity index (χ2v) is 7.19. The molecule has 1 aliphatic carbocycles. The van der Waals surface area contributed by atoms with Gasteiger partial charge in [-0.3, -0.25) is 9.59 Å². The fraction of sp³-hybridized carbons (Fsp3) is 0.400. The van der Waals surface area contributed by atoms with Crippen LogP contribution in [-0.4, -0.2) is 39.6 Å². The van der Waals surface area contributed by atoms with Gasteiger partial charge in [-0.05, 0) is 37.8 Å². The van der Waals surface area contributed by atoms with Crippen molar-refractivity contribution in [2.24, 2.45) is 7.05 Å². The molecule has 0 bridgehead atoms. The van der Waals surface area contributed by atoms with Crippen molar-refractivity contribution in [2.75, 3.05) is 18.0 Å². The molecule has 0 spiro atoms. The number of rotatable bonds is 3. The van der Waals surface area contributed by atoms with Crippen LogP contribution in [0, 0.1) is 6.92 Å². The van der Waals surface area contributed by atoms with Gasteiger partial charge in [0.15, 0.2) is 0 Å². The summed E-state index contributed by atoms with van der Waals surface area (Å²) in [7, 11) is 1.69. The molecule has 7 nitrogen and oxygen atoms in total. The number of aryl methyl sites for hydroxylation is 2. The molecule has 0 aromatic carbocycles. The Morgan fingerprint density at radius 3 is 2.81 bits per heavy atom. The Morgan fingerprint density at radius 2 is 2.07 bits per heavy atom. The van der Waals surface area contributed by atoms with Crippen LogP contribution >= 0.6 is 0 Å². The van der Waals surface area contributed by atoms with Crippen LogP contribution in [0.4, 0.5) is 5.95 Å². The van der Waals surface area contributed by atoms with Gasteiger partial charge in [0.1, 0.15) is 0 Å². The minimum atomic E-state index is -0.112. The van der Waals surface area contributed by atoms with Gasteiger partial charge in [-0.1, -0.05) is 12.2 Å². The summed E-state index contributed by atoms with van der Waals surface area (Å²) in [6.45, 7) is 3.57. The van der Waals surface area contributed by atoms with Gasteiger partial charge in [0.05, 0.1) is 5.56 Å². The highest BCUT2D eigenvalue weighted by molar-refractivity contribution is 5.98. The Balaban J connectivity index is 1.44. The van der Waals surface area contributed by atoms with E-state index in [-0.39, 0.29) is 17.5 Å². The summed E-state index contributed by atoms with van der Waals surface area (Å²) in [5, 5.41) is 3.14. The van der Waals surface area contributed by atoms with Crippen LogP contribution in [0.2, 0.25) is 0 Å². The normalized spacial score (nSPS) is 16.4. The number of fused-ring (bicyclic) bond motifs is 1. The maximum atomic E-state index is 12.8. The number of amides is 1. The molecule has 140 valence electrons. The number of nitrogens with one attached hydrogen (secondary N) is 1. The van der Waals surface area contributed by atoms with Crippen molar-refractivity contribution >= 4 is 17.9 Å². The predicted molar refractivity (Wildman–Crippen MR) is 104 cm³/mol. The standard InChI is InChI=1S/C20H23N5O2/c1-13-6-9-21-20(22-13)25-10-7-14(8-11-25)23-18(26)17-12-24(2)19(27)16-5-3-4-15(16)17/h3-4,6,9,12,14H,5,7-8,10-11H2,1-2H3,(H,23,26). The van der Waals surface area contributed by atoms with Crippen LogP contribution in [-0.2, 0) is 13.5 Å². The summed E-state index contributed by atoms with van der Waals surface area (Å²) in [6, 6.07) is 1.99. The number of aromatic nitrogens is 3. The second-order valence-electron chi connectivity index (χ2n) is 7.19. The molecule has 4 rings (SSSR count). The molecule has 1 fully saturated rings. The summed E-state index contributed by atoms with van der Waals surface area (Å²) < 4.78 is 1.50. The van der Waals surface area contributed by atoms with Crippen molar-refractivity contribution in [3.63, 3.8) is 0 Å². The first-order valence-electron chi connectivity index (χ1n) is 9.27. The van der Waals surface area contributed by atoms with E-state index in [1.807, 2.05) is 25.1 Å². The van der Waals surface area contributed by atoms with Crippen molar-refractivity contribution in [3.05, 3.63) is 57.3 Å². The molecule has 1 N–H and O–H groups in total. The first kappa shape index (κ1) is 17.5. The van der Waals surface area contributed by atoms with Gasteiger partial charge in [-0.25, -0.2) is 9.97 Å². The number of hydrogen-bond acceptors (Lipinski definition) is 5. The number of allylic oxidation sites excluding steroid dienone is 1. The maximum Gasteiger partial charge on any atom is 0.254 e. The van der Waals surface area contributed by atoms with E-state index in [9.17, 15) is 9.59 Å². The number of nitrogens with zero attached hydrogens (tertiary/aromatic N) is 4. The van der Waals surface area contributed by atoms with E-state index in [4.69, 9.17) is 0 Å². The number of anilines is 1. The third-order valence-electron chi connectivity index (χ3n) is 5.26. The zero-order valence-electron chi connectivity index (χ0n) is 15.6. The first-order chi connectivity index (χ1) is 13.0. The van der Waals surface area contributed by atoms with Gasteiger partial charge in [0, 0.05) is 49.8 Å². The molecule has 1 amide bonds. The molecule has 0 radical (unpaired) electrons. The molecule has 0 unspecified atom stereocenters. The molecule has 3 heterocycles. The smallest absolute Gasteiger partial charge is 0.254 e. The minimum Gasteiger partial charge on any atom is -0.349 e. The zero-order valence-corrected chi connectivity index (χ0v) is 15.6.